The molecule has 1 N–H and O–H groups in total. The normalized spacial score (nSPS) is 19.7. The molecule has 1 aromatic heterocycles. The summed E-state index contributed by atoms with van der Waals surface area (Å²) in [5, 5.41) is 4.84. The summed E-state index contributed by atoms with van der Waals surface area (Å²) in [6, 6.07) is 3.71. The van der Waals surface area contributed by atoms with Crippen LogP contribution < -0.4 is 5.32 Å². The van der Waals surface area contributed by atoms with Crippen LogP contribution in [0.25, 0.3) is 0 Å². The first-order valence-electron chi connectivity index (χ1n) is 6.19. The molecule has 1 fully saturated rings. The summed E-state index contributed by atoms with van der Waals surface area (Å²) in [5.74, 6) is -0.167. The van der Waals surface area contributed by atoms with Gasteiger partial charge in [0.1, 0.15) is 0 Å². The first kappa shape index (κ1) is 13.5. The largest absolute Gasteiger partial charge is 0.351 e. The summed E-state index contributed by atoms with van der Waals surface area (Å²) in [5.41, 5.74) is 0. The van der Waals surface area contributed by atoms with Crippen LogP contribution in [0.15, 0.2) is 17.5 Å². The summed E-state index contributed by atoms with van der Waals surface area (Å²) in [4.78, 5) is 12.5. The SMILES string of the molecule is C[C@H](CNC(=O)c1cccs1)CC1(C)OCCO1. The molecule has 0 saturated carbocycles. The average molecular weight is 269 g/mol. The number of rotatable bonds is 5. The lowest BCUT2D eigenvalue weighted by Gasteiger charge is -2.25. The molecule has 1 atom stereocenters. The molecule has 18 heavy (non-hydrogen) atoms. The van der Waals surface area contributed by atoms with E-state index in [0.29, 0.717) is 25.7 Å². The number of hydrogen-bond donors (Lipinski definition) is 1. The Labute approximate surface area is 111 Å². The van der Waals surface area contributed by atoms with Gasteiger partial charge in [0.05, 0.1) is 18.1 Å². The molecule has 5 heteroatoms. The van der Waals surface area contributed by atoms with Crippen LogP contribution in [0.1, 0.15) is 29.9 Å². The lowest BCUT2D eigenvalue weighted by atomic mass is 10.0. The Bertz CT molecular complexity index is 385. The second kappa shape index (κ2) is 5.82. The number of carbonyl (C=O) groups is 1. The zero-order valence-corrected chi connectivity index (χ0v) is 11.6. The van der Waals surface area contributed by atoms with Crippen LogP contribution in [0.2, 0.25) is 0 Å². The van der Waals surface area contributed by atoms with Crippen LogP contribution in [0.5, 0.6) is 0 Å². The van der Waals surface area contributed by atoms with E-state index in [4.69, 9.17) is 9.47 Å². The molecule has 1 amide bonds. The zero-order valence-electron chi connectivity index (χ0n) is 10.8. The molecule has 1 aliphatic heterocycles. The maximum absolute atomic E-state index is 11.8. The molecule has 0 unspecified atom stereocenters. The lowest BCUT2D eigenvalue weighted by molar-refractivity contribution is -0.153. The fourth-order valence-corrected chi connectivity index (χ4v) is 2.78. The van der Waals surface area contributed by atoms with E-state index in [2.05, 4.69) is 12.2 Å². The van der Waals surface area contributed by atoms with Gasteiger partial charge in [0.2, 0.25) is 0 Å². The molecule has 0 aromatic carbocycles. The molecular weight excluding hydrogens is 250 g/mol. The van der Waals surface area contributed by atoms with Gasteiger partial charge in [-0.05, 0) is 24.3 Å². The summed E-state index contributed by atoms with van der Waals surface area (Å²) in [6.45, 7) is 6.00. The highest BCUT2D eigenvalue weighted by atomic mass is 32.1. The number of ether oxygens (including phenoxy) is 2. The van der Waals surface area contributed by atoms with Crippen LogP contribution in [-0.4, -0.2) is 31.5 Å². The van der Waals surface area contributed by atoms with E-state index >= 15 is 0 Å². The average Bonchev–Trinajstić information content (AvgIpc) is 2.97. The third kappa shape index (κ3) is 3.54. The van der Waals surface area contributed by atoms with Gasteiger partial charge in [-0.1, -0.05) is 13.0 Å². The number of hydrogen-bond acceptors (Lipinski definition) is 4. The van der Waals surface area contributed by atoms with Gasteiger partial charge in [0.25, 0.3) is 5.91 Å². The van der Waals surface area contributed by atoms with E-state index in [1.165, 1.54) is 11.3 Å². The highest BCUT2D eigenvalue weighted by Gasteiger charge is 2.32. The molecular formula is C13H19NO3S. The minimum atomic E-state index is -0.479. The van der Waals surface area contributed by atoms with Crippen molar-refractivity contribution in [1.82, 2.24) is 5.32 Å². The first-order chi connectivity index (χ1) is 8.59. The summed E-state index contributed by atoms with van der Waals surface area (Å²) < 4.78 is 11.1. The zero-order chi connectivity index (χ0) is 13.0. The maximum Gasteiger partial charge on any atom is 0.261 e. The van der Waals surface area contributed by atoms with Gasteiger partial charge in [-0.15, -0.1) is 11.3 Å². The molecule has 0 radical (unpaired) electrons. The molecule has 1 saturated heterocycles. The molecule has 0 spiro atoms. The Hall–Kier alpha value is -0.910. The molecule has 0 bridgehead atoms. The predicted octanol–water partition coefficient (Wildman–Crippen LogP) is 2.27. The maximum atomic E-state index is 11.8. The highest BCUT2D eigenvalue weighted by molar-refractivity contribution is 7.12. The van der Waals surface area contributed by atoms with Crippen molar-refractivity contribution in [3.63, 3.8) is 0 Å². The summed E-state index contributed by atoms with van der Waals surface area (Å²) in [6.07, 6.45) is 0.789. The lowest BCUT2D eigenvalue weighted by Crippen LogP contribution is -2.34. The van der Waals surface area contributed by atoms with Crippen LogP contribution in [0, 0.1) is 5.92 Å². The second-order valence-electron chi connectivity index (χ2n) is 4.83. The fourth-order valence-electron chi connectivity index (χ4n) is 2.14. The van der Waals surface area contributed by atoms with E-state index in [0.717, 1.165) is 11.3 Å². The third-order valence-corrected chi connectivity index (χ3v) is 3.84. The number of thiophene rings is 1. The van der Waals surface area contributed by atoms with Crippen molar-refractivity contribution in [3.8, 4) is 0 Å². The van der Waals surface area contributed by atoms with Crippen molar-refractivity contribution in [3.05, 3.63) is 22.4 Å². The standard InChI is InChI=1S/C13H19NO3S/c1-10(8-13(2)16-5-6-17-13)9-14-12(15)11-4-3-7-18-11/h3-4,7,10H,5-6,8-9H2,1-2H3,(H,14,15)/t10-/m0/s1. The molecule has 2 heterocycles. The van der Waals surface area contributed by atoms with E-state index in [-0.39, 0.29) is 5.91 Å². The van der Waals surface area contributed by atoms with Gasteiger partial charge in [-0.3, -0.25) is 4.79 Å². The third-order valence-electron chi connectivity index (χ3n) is 2.97. The Morgan fingerprint density at radius 2 is 2.28 bits per heavy atom. The van der Waals surface area contributed by atoms with Gasteiger partial charge in [-0.25, -0.2) is 0 Å². The highest BCUT2D eigenvalue weighted by Crippen LogP contribution is 2.26. The van der Waals surface area contributed by atoms with Crippen LogP contribution in [-0.2, 0) is 9.47 Å². The number of amides is 1. The quantitative estimate of drug-likeness (QED) is 0.892. The Morgan fingerprint density at radius 1 is 1.56 bits per heavy atom. The van der Waals surface area contributed by atoms with Crippen LogP contribution in [0.4, 0.5) is 0 Å². The van der Waals surface area contributed by atoms with Gasteiger partial charge in [-0.2, -0.15) is 0 Å². The minimum absolute atomic E-state index is 0.00439. The van der Waals surface area contributed by atoms with Gasteiger partial charge >= 0.3 is 0 Å². The van der Waals surface area contributed by atoms with Gasteiger partial charge in [0.15, 0.2) is 5.79 Å². The van der Waals surface area contributed by atoms with E-state index in [1.54, 1.807) is 0 Å². The molecule has 1 aromatic rings. The smallest absolute Gasteiger partial charge is 0.261 e. The van der Waals surface area contributed by atoms with Crippen LogP contribution >= 0.6 is 11.3 Å². The molecule has 100 valence electrons. The number of carbonyl (C=O) groups excluding carboxylic acids is 1. The van der Waals surface area contributed by atoms with Crippen LogP contribution in [0.3, 0.4) is 0 Å². The summed E-state index contributed by atoms with van der Waals surface area (Å²) >= 11 is 1.45. The first-order valence-corrected chi connectivity index (χ1v) is 7.07. The minimum Gasteiger partial charge on any atom is -0.351 e. The van der Waals surface area contributed by atoms with Crippen molar-refractivity contribution in [1.29, 1.82) is 0 Å². The molecule has 2 rings (SSSR count). The number of nitrogens with one attached hydrogen (secondary N) is 1. The van der Waals surface area contributed by atoms with Crippen molar-refractivity contribution in [2.75, 3.05) is 19.8 Å². The summed E-state index contributed by atoms with van der Waals surface area (Å²) in [7, 11) is 0. The molecule has 4 nitrogen and oxygen atoms in total. The van der Waals surface area contributed by atoms with Crippen molar-refractivity contribution in [2.24, 2.45) is 5.92 Å². The van der Waals surface area contributed by atoms with E-state index in [9.17, 15) is 4.79 Å². The van der Waals surface area contributed by atoms with Crippen molar-refractivity contribution >= 4 is 17.2 Å². The fraction of sp³-hybridized carbons (Fsp3) is 0.615. The topological polar surface area (TPSA) is 47.6 Å². The Balaban J connectivity index is 1.74. The molecule has 1 aliphatic rings. The van der Waals surface area contributed by atoms with E-state index in [1.807, 2.05) is 24.4 Å². The van der Waals surface area contributed by atoms with Crippen molar-refractivity contribution in [2.45, 2.75) is 26.1 Å². The van der Waals surface area contributed by atoms with Crippen molar-refractivity contribution < 1.29 is 14.3 Å². The monoisotopic (exact) mass is 269 g/mol. The van der Waals surface area contributed by atoms with E-state index < -0.39 is 5.79 Å². The Morgan fingerprint density at radius 3 is 2.89 bits per heavy atom. The van der Waals surface area contributed by atoms with Gasteiger partial charge in [0, 0.05) is 13.0 Å². The predicted molar refractivity (Wildman–Crippen MR) is 70.7 cm³/mol. The van der Waals surface area contributed by atoms with Gasteiger partial charge < -0.3 is 14.8 Å². The molecule has 0 aliphatic carbocycles. The second-order valence-corrected chi connectivity index (χ2v) is 5.78. The Kier molecular flexibility index (Phi) is 4.37.